The lowest BCUT2D eigenvalue weighted by Gasteiger charge is -2.16. The zero-order valence-corrected chi connectivity index (χ0v) is 10.9. The number of carbonyl (C=O) groups is 1. The average Bonchev–Trinajstić information content (AvgIpc) is 2.80. The topological polar surface area (TPSA) is 37.3 Å². The first-order chi connectivity index (χ1) is 8.88. The van der Waals surface area contributed by atoms with Crippen molar-refractivity contribution in [1.82, 2.24) is 0 Å². The molecule has 1 aliphatic rings. The highest BCUT2D eigenvalue weighted by molar-refractivity contribution is 8.00. The van der Waals surface area contributed by atoms with E-state index < -0.39 is 17.7 Å². The minimum Gasteiger partial charge on any atom is -0.478 e. The molecule has 1 aromatic carbocycles. The predicted molar refractivity (Wildman–Crippen MR) is 66.5 cm³/mol. The Morgan fingerprint density at radius 2 is 1.89 bits per heavy atom. The van der Waals surface area contributed by atoms with Gasteiger partial charge in [-0.05, 0) is 31.0 Å². The average molecular weight is 290 g/mol. The molecule has 0 amide bonds. The molecule has 0 aliphatic heterocycles. The highest BCUT2D eigenvalue weighted by Crippen LogP contribution is 2.42. The van der Waals surface area contributed by atoms with Crippen molar-refractivity contribution >= 4 is 17.7 Å². The second kappa shape index (κ2) is 5.45. The summed E-state index contributed by atoms with van der Waals surface area (Å²) in [5, 5.41) is 8.98. The molecule has 1 N–H and O–H groups in total. The molecule has 0 atom stereocenters. The fourth-order valence-corrected chi connectivity index (χ4v) is 3.55. The van der Waals surface area contributed by atoms with Gasteiger partial charge >= 0.3 is 12.1 Å². The first-order valence-electron chi connectivity index (χ1n) is 5.99. The Labute approximate surface area is 113 Å². The molecule has 2 nitrogen and oxygen atoms in total. The van der Waals surface area contributed by atoms with E-state index in [9.17, 15) is 18.0 Å². The standard InChI is InChI=1S/C13H13F3O2S/c14-13(15,16)10-7-8(12(17)18)5-6-11(10)19-9-3-1-2-4-9/h5-7,9H,1-4H2,(H,17,18). The molecule has 2 rings (SSSR count). The zero-order valence-electron chi connectivity index (χ0n) is 10.0. The Kier molecular flexibility index (Phi) is 4.08. The number of alkyl halides is 3. The summed E-state index contributed by atoms with van der Waals surface area (Å²) >= 11 is 1.21. The summed E-state index contributed by atoms with van der Waals surface area (Å²) in [4.78, 5) is 10.9. The summed E-state index contributed by atoms with van der Waals surface area (Å²) in [5.74, 6) is -1.34. The lowest BCUT2D eigenvalue weighted by atomic mass is 10.1. The molecular formula is C13H13F3O2S. The van der Waals surface area contributed by atoms with Crippen LogP contribution in [-0.2, 0) is 6.18 Å². The van der Waals surface area contributed by atoms with Crippen LogP contribution in [0, 0.1) is 0 Å². The van der Waals surface area contributed by atoms with Gasteiger partial charge < -0.3 is 5.11 Å². The van der Waals surface area contributed by atoms with Gasteiger partial charge in [-0.3, -0.25) is 0 Å². The molecule has 19 heavy (non-hydrogen) atoms. The highest BCUT2D eigenvalue weighted by atomic mass is 32.2. The molecule has 0 unspecified atom stereocenters. The van der Waals surface area contributed by atoms with Crippen LogP contribution < -0.4 is 0 Å². The first kappa shape index (κ1) is 14.2. The van der Waals surface area contributed by atoms with Crippen molar-refractivity contribution in [2.75, 3.05) is 0 Å². The Bertz CT molecular complexity index is 479. The zero-order chi connectivity index (χ0) is 14.0. The number of hydrogen-bond donors (Lipinski definition) is 1. The number of halogens is 3. The van der Waals surface area contributed by atoms with Crippen molar-refractivity contribution in [3.8, 4) is 0 Å². The van der Waals surface area contributed by atoms with Crippen molar-refractivity contribution in [3.63, 3.8) is 0 Å². The molecule has 1 aromatic rings. The largest absolute Gasteiger partial charge is 0.478 e. The van der Waals surface area contributed by atoms with Crippen molar-refractivity contribution in [3.05, 3.63) is 29.3 Å². The van der Waals surface area contributed by atoms with Gasteiger partial charge in [0.15, 0.2) is 0 Å². The number of rotatable bonds is 3. The number of benzene rings is 1. The summed E-state index contributed by atoms with van der Waals surface area (Å²) in [6.07, 6.45) is -0.587. The van der Waals surface area contributed by atoms with Crippen LogP contribution in [-0.4, -0.2) is 16.3 Å². The summed E-state index contributed by atoms with van der Waals surface area (Å²) in [6, 6.07) is 3.23. The maximum Gasteiger partial charge on any atom is 0.417 e. The second-order valence-electron chi connectivity index (χ2n) is 4.54. The first-order valence-corrected chi connectivity index (χ1v) is 6.87. The number of carboxylic acids is 1. The molecule has 0 spiro atoms. The van der Waals surface area contributed by atoms with E-state index in [0.29, 0.717) is 0 Å². The Hall–Kier alpha value is -1.17. The fraction of sp³-hybridized carbons (Fsp3) is 0.462. The third-order valence-corrected chi connectivity index (χ3v) is 4.54. The molecule has 104 valence electrons. The van der Waals surface area contributed by atoms with Gasteiger partial charge in [0.05, 0.1) is 11.1 Å². The highest BCUT2D eigenvalue weighted by Gasteiger charge is 2.35. The molecule has 0 radical (unpaired) electrons. The van der Waals surface area contributed by atoms with Gasteiger partial charge in [0.1, 0.15) is 0 Å². The summed E-state index contributed by atoms with van der Waals surface area (Å²) in [5.41, 5.74) is -1.17. The van der Waals surface area contributed by atoms with Gasteiger partial charge in [0, 0.05) is 10.1 Å². The predicted octanol–water partition coefficient (Wildman–Crippen LogP) is 4.44. The van der Waals surface area contributed by atoms with Crippen molar-refractivity contribution in [1.29, 1.82) is 0 Å². The molecule has 1 saturated carbocycles. The minimum atomic E-state index is -4.52. The Morgan fingerprint density at radius 3 is 2.42 bits per heavy atom. The van der Waals surface area contributed by atoms with Gasteiger partial charge in [-0.1, -0.05) is 12.8 Å². The van der Waals surface area contributed by atoms with Crippen LogP contribution in [0.4, 0.5) is 13.2 Å². The summed E-state index contributed by atoms with van der Waals surface area (Å²) in [7, 11) is 0. The number of carboxylic acid groups (broad SMARTS) is 1. The minimum absolute atomic E-state index is 0.129. The van der Waals surface area contributed by atoms with Crippen LogP contribution in [0.1, 0.15) is 41.6 Å². The third-order valence-electron chi connectivity index (χ3n) is 3.13. The maximum absolute atomic E-state index is 13.0. The Balaban J connectivity index is 2.33. The van der Waals surface area contributed by atoms with E-state index >= 15 is 0 Å². The van der Waals surface area contributed by atoms with E-state index in [4.69, 9.17) is 5.11 Å². The van der Waals surface area contributed by atoms with Crippen LogP contribution in [0.25, 0.3) is 0 Å². The monoisotopic (exact) mass is 290 g/mol. The van der Waals surface area contributed by atoms with Crippen LogP contribution in [0.15, 0.2) is 23.1 Å². The summed E-state index contributed by atoms with van der Waals surface area (Å²) in [6.45, 7) is 0. The van der Waals surface area contributed by atoms with Crippen LogP contribution >= 0.6 is 11.8 Å². The van der Waals surface area contributed by atoms with Crippen molar-refractivity contribution < 1.29 is 23.1 Å². The van der Waals surface area contributed by atoms with Crippen molar-refractivity contribution in [2.45, 2.75) is 42.0 Å². The van der Waals surface area contributed by atoms with Gasteiger partial charge in [0.25, 0.3) is 0 Å². The lowest BCUT2D eigenvalue weighted by molar-refractivity contribution is -0.139. The van der Waals surface area contributed by atoms with Gasteiger partial charge in [-0.15, -0.1) is 11.8 Å². The SMILES string of the molecule is O=C(O)c1ccc(SC2CCCC2)c(C(F)(F)F)c1. The van der Waals surface area contributed by atoms with Crippen LogP contribution in [0.2, 0.25) is 0 Å². The van der Waals surface area contributed by atoms with E-state index in [2.05, 4.69) is 0 Å². The molecule has 0 saturated heterocycles. The molecule has 0 bridgehead atoms. The van der Waals surface area contributed by atoms with E-state index in [1.165, 1.54) is 23.9 Å². The quantitative estimate of drug-likeness (QED) is 0.894. The number of thioether (sulfide) groups is 1. The molecule has 6 heteroatoms. The van der Waals surface area contributed by atoms with E-state index in [-0.39, 0.29) is 15.7 Å². The van der Waals surface area contributed by atoms with Gasteiger partial charge in [0.2, 0.25) is 0 Å². The van der Waals surface area contributed by atoms with Gasteiger partial charge in [-0.25, -0.2) is 4.79 Å². The molecule has 1 fully saturated rings. The smallest absolute Gasteiger partial charge is 0.417 e. The van der Waals surface area contributed by atoms with E-state index in [1.54, 1.807) is 0 Å². The molecule has 1 aliphatic carbocycles. The fourth-order valence-electron chi connectivity index (χ4n) is 2.17. The molecule has 0 heterocycles. The normalized spacial score (nSPS) is 16.8. The number of hydrogen-bond acceptors (Lipinski definition) is 2. The molecular weight excluding hydrogens is 277 g/mol. The second-order valence-corrected chi connectivity index (χ2v) is 5.88. The third kappa shape index (κ3) is 3.43. The summed E-state index contributed by atoms with van der Waals surface area (Å²) < 4.78 is 38.9. The maximum atomic E-state index is 13.0. The van der Waals surface area contributed by atoms with Crippen molar-refractivity contribution in [2.24, 2.45) is 0 Å². The van der Waals surface area contributed by atoms with Crippen LogP contribution in [0.5, 0.6) is 0 Å². The molecule has 0 aromatic heterocycles. The number of aromatic carboxylic acids is 1. The lowest BCUT2D eigenvalue weighted by Crippen LogP contribution is -2.10. The van der Waals surface area contributed by atoms with Gasteiger partial charge in [-0.2, -0.15) is 13.2 Å². The Morgan fingerprint density at radius 1 is 1.26 bits per heavy atom. The van der Waals surface area contributed by atoms with Crippen LogP contribution in [0.3, 0.4) is 0 Å². The van der Waals surface area contributed by atoms with E-state index in [1.807, 2.05) is 0 Å². The van der Waals surface area contributed by atoms with E-state index in [0.717, 1.165) is 31.7 Å².